The molecule has 0 spiro atoms. The van der Waals surface area contributed by atoms with Crippen molar-refractivity contribution in [1.82, 2.24) is 4.31 Å². The molecular formula is C8H19NS3. The van der Waals surface area contributed by atoms with Crippen molar-refractivity contribution in [2.45, 2.75) is 39.5 Å². The lowest BCUT2D eigenvalue weighted by atomic mass is 10.3. The summed E-state index contributed by atoms with van der Waals surface area (Å²) in [6, 6.07) is 0. The molecule has 0 fully saturated rings. The summed E-state index contributed by atoms with van der Waals surface area (Å²) >= 11 is 9.45. The van der Waals surface area contributed by atoms with Gasteiger partial charge < -0.3 is 0 Å². The maximum absolute atomic E-state index is 5.14. The Morgan fingerprint density at radius 3 is 1.83 bits per heavy atom. The first-order valence-electron chi connectivity index (χ1n) is 4.58. The number of hydrogen-bond acceptors (Lipinski definition) is 1. The zero-order valence-corrected chi connectivity index (χ0v) is 10.5. The van der Waals surface area contributed by atoms with E-state index in [1.165, 1.54) is 25.7 Å². The second kappa shape index (κ2) is 8.48. The molecule has 0 radical (unpaired) electrons. The predicted octanol–water partition coefficient (Wildman–Crippen LogP) is 2.73. The lowest BCUT2D eigenvalue weighted by molar-refractivity contribution is 0.445. The summed E-state index contributed by atoms with van der Waals surface area (Å²) in [7, 11) is -0.245. The third-order valence-electron chi connectivity index (χ3n) is 1.74. The molecular weight excluding hydrogens is 206 g/mol. The fourth-order valence-corrected chi connectivity index (χ4v) is 2.44. The van der Waals surface area contributed by atoms with E-state index < -0.39 is 0 Å². The van der Waals surface area contributed by atoms with E-state index in [1.54, 1.807) is 0 Å². The van der Waals surface area contributed by atoms with Gasteiger partial charge in [0.1, 0.15) is 0 Å². The average molecular weight is 225 g/mol. The molecule has 0 aliphatic heterocycles. The van der Waals surface area contributed by atoms with E-state index in [1.807, 2.05) is 0 Å². The van der Waals surface area contributed by atoms with E-state index in [0.717, 1.165) is 13.1 Å². The highest BCUT2D eigenvalue weighted by Gasteiger charge is 2.04. The van der Waals surface area contributed by atoms with Gasteiger partial charge in [-0.25, -0.2) is 4.31 Å². The summed E-state index contributed by atoms with van der Waals surface area (Å²) < 4.78 is 2.30. The van der Waals surface area contributed by atoms with Crippen molar-refractivity contribution < 1.29 is 0 Å². The lowest BCUT2D eigenvalue weighted by Crippen LogP contribution is -2.24. The Hall–Kier alpha value is 0.880. The molecule has 0 aliphatic rings. The van der Waals surface area contributed by atoms with E-state index in [0.29, 0.717) is 0 Å². The van der Waals surface area contributed by atoms with Gasteiger partial charge in [0.05, 0.1) is 0 Å². The molecule has 0 aromatic rings. The molecule has 0 aromatic carbocycles. The van der Waals surface area contributed by atoms with Crippen LogP contribution >= 0.6 is 11.7 Å². The third kappa shape index (κ3) is 6.40. The number of rotatable bonds is 7. The predicted molar refractivity (Wildman–Crippen MR) is 65.1 cm³/mol. The number of hydrogen-bond donors (Lipinski definition) is 1. The van der Waals surface area contributed by atoms with Crippen LogP contribution in [0.2, 0.25) is 0 Å². The van der Waals surface area contributed by atoms with Crippen LogP contribution < -0.4 is 0 Å². The van der Waals surface area contributed by atoms with E-state index in [4.69, 9.17) is 11.2 Å². The van der Waals surface area contributed by atoms with Gasteiger partial charge in [0.2, 0.25) is 0 Å². The Morgan fingerprint density at radius 2 is 1.58 bits per heavy atom. The minimum Gasteiger partial charge on any atom is -0.239 e. The highest BCUT2D eigenvalue weighted by atomic mass is 33.3. The molecule has 0 aliphatic carbocycles. The maximum atomic E-state index is 5.14. The van der Waals surface area contributed by atoms with Crippen molar-refractivity contribution in [3.63, 3.8) is 0 Å². The van der Waals surface area contributed by atoms with Gasteiger partial charge in [-0.1, -0.05) is 38.3 Å². The first kappa shape index (κ1) is 12.9. The summed E-state index contributed by atoms with van der Waals surface area (Å²) in [4.78, 5) is 0. The SMILES string of the molecule is CCCCN(CCCC)S(=S)S. The van der Waals surface area contributed by atoms with Crippen LogP contribution in [0.4, 0.5) is 0 Å². The molecule has 0 heterocycles. The number of nitrogens with zero attached hydrogens (tertiary/aromatic N) is 1. The monoisotopic (exact) mass is 225 g/mol. The van der Waals surface area contributed by atoms with Gasteiger partial charge in [-0.15, -0.1) is 0 Å². The van der Waals surface area contributed by atoms with Crippen LogP contribution in [0.15, 0.2) is 0 Å². The summed E-state index contributed by atoms with van der Waals surface area (Å²) in [5, 5.41) is 0. The second-order valence-electron chi connectivity index (χ2n) is 2.87. The summed E-state index contributed by atoms with van der Waals surface area (Å²) in [5.41, 5.74) is 0. The molecule has 0 N–H and O–H groups in total. The molecule has 0 aromatic heterocycles. The van der Waals surface area contributed by atoms with E-state index in [-0.39, 0.29) is 8.67 Å². The molecule has 12 heavy (non-hydrogen) atoms. The quantitative estimate of drug-likeness (QED) is 0.524. The van der Waals surface area contributed by atoms with E-state index in [2.05, 4.69) is 29.8 Å². The highest BCUT2D eigenvalue weighted by Crippen LogP contribution is 2.05. The molecule has 1 atom stereocenters. The summed E-state index contributed by atoms with van der Waals surface area (Å²) in [5.74, 6) is 0. The van der Waals surface area contributed by atoms with Crippen LogP contribution in [0.3, 0.4) is 0 Å². The standard InChI is InChI=1S/C8H19NS3/c1-3-5-7-9(12(10)11)8-6-4-2/h3-8H2,1-2H3,(H,10,11). The van der Waals surface area contributed by atoms with Gasteiger partial charge in [-0.05, 0) is 24.0 Å². The molecule has 0 saturated carbocycles. The van der Waals surface area contributed by atoms with Gasteiger partial charge in [0, 0.05) is 21.8 Å². The zero-order valence-electron chi connectivity index (χ0n) is 7.95. The zero-order chi connectivity index (χ0) is 9.40. The van der Waals surface area contributed by atoms with Crippen molar-refractivity contribution in [1.29, 1.82) is 0 Å². The van der Waals surface area contributed by atoms with Crippen molar-refractivity contribution in [2.75, 3.05) is 13.1 Å². The molecule has 0 amide bonds. The number of thiol groups is 1. The minimum absolute atomic E-state index is 0.245. The van der Waals surface area contributed by atoms with Gasteiger partial charge >= 0.3 is 0 Å². The van der Waals surface area contributed by atoms with Crippen LogP contribution in [-0.4, -0.2) is 17.4 Å². The molecule has 4 heteroatoms. The molecule has 1 unspecified atom stereocenters. The van der Waals surface area contributed by atoms with Crippen molar-refractivity contribution in [3.8, 4) is 0 Å². The van der Waals surface area contributed by atoms with Crippen molar-refractivity contribution >= 4 is 31.5 Å². The maximum Gasteiger partial charge on any atom is 0.00993 e. The fourth-order valence-electron chi connectivity index (χ4n) is 0.937. The smallest absolute Gasteiger partial charge is 0.00993 e. The van der Waals surface area contributed by atoms with Crippen LogP contribution in [0.5, 0.6) is 0 Å². The lowest BCUT2D eigenvalue weighted by Gasteiger charge is -2.19. The fraction of sp³-hybridized carbons (Fsp3) is 1.00. The first-order valence-corrected chi connectivity index (χ1v) is 7.74. The van der Waals surface area contributed by atoms with E-state index >= 15 is 0 Å². The molecule has 0 rings (SSSR count). The molecule has 1 nitrogen and oxygen atoms in total. The molecule has 0 saturated heterocycles. The van der Waals surface area contributed by atoms with Crippen molar-refractivity contribution in [2.24, 2.45) is 0 Å². The van der Waals surface area contributed by atoms with Crippen LogP contribution in [0, 0.1) is 0 Å². The van der Waals surface area contributed by atoms with Gasteiger partial charge in [0.15, 0.2) is 0 Å². The highest BCUT2D eigenvalue weighted by molar-refractivity contribution is 8.75. The Labute approximate surface area is 88.4 Å². The van der Waals surface area contributed by atoms with Gasteiger partial charge in [-0.3, -0.25) is 0 Å². The largest absolute Gasteiger partial charge is 0.239 e. The van der Waals surface area contributed by atoms with Crippen molar-refractivity contribution in [3.05, 3.63) is 0 Å². The topological polar surface area (TPSA) is 3.24 Å². The van der Waals surface area contributed by atoms with Crippen LogP contribution in [-0.2, 0) is 19.9 Å². The normalized spacial score (nSPS) is 13.7. The Bertz CT molecular complexity index is 119. The minimum atomic E-state index is -0.245. The summed E-state index contributed by atoms with van der Waals surface area (Å²) in [6.45, 7) is 6.65. The third-order valence-corrected chi connectivity index (χ3v) is 3.88. The molecule has 0 bridgehead atoms. The van der Waals surface area contributed by atoms with Gasteiger partial charge in [0.25, 0.3) is 0 Å². The Kier molecular flexibility index (Phi) is 9.10. The second-order valence-corrected chi connectivity index (χ2v) is 6.57. The van der Waals surface area contributed by atoms with E-state index in [9.17, 15) is 0 Å². The van der Waals surface area contributed by atoms with Crippen LogP contribution in [0.1, 0.15) is 39.5 Å². The van der Waals surface area contributed by atoms with Gasteiger partial charge in [-0.2, -0.15) is 0 Å². The Morgan fingerprint density at radius 1 is 1.17 bits per heavy atom. The summed E-state index contributed by atoms with van der Waals surface area (Å²) in [6.07, 6.45) is 4.96. The first-order chi connectivity index (χ1) is 5.72. The molecule has 74 valence electrons. The Balaban J connectivity index is 3.62. The average Bonchev–Trinajstić information content (AvgIpc) is 2.04. The number of unbranched alkanes of at least 4 members (excludes halogenated alkanes) is 2. The van der Waals surface area contributed by atoms with Crippen LogP contribution in [0.25, 0.3) is 0 Å².